The summed E-state index contributed by atoms with van der Waals surface area (Å²) in [5, 5.41) is 9.27. The Kier molecular flexibility index (Phi) is 4.62. The Hall–Kier alpha value is -1.59. The van der Waals surface area contributed by atoms with Gasteiger partial charge in [0.1, 0.15) is 11.6 Å². The Morgan fingerprint density at radius 3 is 2.65 bits per heavy atom. The fourth-order valence-electron chi connectivity index (χ4n) is 1.57. The predicted octanol–water partition coefficient (Wildman–Crippen LogP) is 4.61. The maximum Gasteiger partial charge on any atom is 0.338 e. The molecule has 0 amide bonds. The third-order valence-corrected chi connectivity index (χ3v) is 3.98. The summed E-state index contributed by atoms with van der Waals surface area (Å²) in [4.78, 5) is 11.4. The topological polar surface area (TPSA) is 37.3 Å². The van der Waals surface area contributed by atoms with Crippen molar-refractivity contribution in [3.05, 3.63) is 64.2 Å². The molecular formula is C14H9ClF2O2S. The summed E-state index contributed by atoms with van der Waals surface area (Å²) in [6.45, 7) is 0. The van der Waals surface area contributed by atoms with E-state index in [4.69, 9.17) is 16.7 Å². The molecule has 0 aromatic heterocycles. The summed E-state index contributed by atoms with van der Waals surface area (Å²) in [5.74, 6) is -2.14. The van der Waals surface area contributed by atoms with E-state index in [2.05, 4.69) is 0 Å². The molecule has 0 saturated heterocycles. The van der Waals surface area contributed by atoms with Gasteiger partial charge in [-0.05, 0) is 42.0 Å². The number of rotatable bonds is 4. The van der Waals surface area contributed by atoms with E-state index >= 15 is 0 Å². The number of carbonyl (C=O) groups is 1. The number of aromatic carboxylic acids is 1. The second-order valence-corrected chi connectivity index (χ2v) is 5.43. The van der Waals surface area contributed by atoms with Crippen molar-refractivity contribution < 1.29 is 18.7 Å². The minimum atomic E-state index is -1.33. The van der Waals surface area contributed by atoms with Gasteiger partial charge in [0.15, 0.2) is 0 Å². The summed E-state index contributed by atoms with van der Waals surface area (Å²) >= 11 is 7.19. The van der Waals surface area contributed by atoms with Gasteiger partial charge in [0.25, 0.3) is 0 Å². The SMILES string of the molecule is O=C(O)c1cc(SCc2cc(F)ccc2Cl)ccc1F. The van der Waals surface area contributed by atoms with Crippen molar-refractivity contribution >= 4 is 29.3 Å². The van der Waals surface area contributed by atoms with Crippen molar-refractivity contribution in [2.75, 3.05) is 0 Å². The first-order valence-electron chi connectivity index (χ1n) is 5.57. The van der Waals surface area contributed by atoms with Crippen LogP contribution in [-0.4, -0.2) is 11.1 Å². The minimum Gasteiger partial charge on any atom is -0.478 e. The van der Waals surface area contributed by atoms with Crippen molar-refractivity contribution in [1.82, 2.24) is 0 Å². The summed E-state index contributed by atoms with van der Waals surface area (Å²) in [6.07, 6.45) is 0. The largest absolute Gasteiger partial charge is 0.478 e. The molecule has 2 rings (SSSR count). The zero-order valence-electron chi connectivity index (χ0n) is 10.1. The van der Waals surface area contributed by atoms with Gasteiger partial charge in [-0.25, -0.2) is 13.6 Å². The molecule has 0 heterocycles. The Bertz CT molecular complexity index is 662. The third kappa shape index (κ3) is 3.49. The van der Waals surface area contributed by atoms with E-state index in [9.17, 15) is 13.6 Å². The van der Waals surface area contributed by atoms with E-state index in [0.717, 1.165) is 6.07 Å². The molecule has 0 aliphatic heterocycles. The Morgan fingerprint density at radius 2 is 1.95 bits per heavy atom. The van der Waals surface area contributed by atoms with Gasteiger partial charge in [0.2, 0.25) is 0 Å². The van der Waals surface area contributed by atoms with Crippen LogP contribution in [0.3, 0.4) is 0 Å². The molecule has 0 fully saturated rings. The highest BCUT2D eigenvalue weighted by atomic mass is 35.5. The lowest BCUT2D eigenvalue weighted by Gasteiger charge is -2.06. The lowest BCUT2D eigenvalue weighted by atomic mass is 10.2. The minimum absolute atomic E-state index is 0.362. The number of halogens is 3. The smallest absolute Gasteiger partial charge is 0.338 e. The van der Waals surface area contributed by atoms with Crippen LogP contribution in [0.5, 0.6) is 0 Å². The quantitative estimate of drug-likeness (QED) is 0.837. The van der Waals surface area contributed by atoms with Crippen LogP contribution in [0.1, 0.15) is 15.9 Å². The molecule has 0 aliphatic rings. The highest BCUT2D eigenvalue weighted by molar-refractivity contribution is 7.98. The van der Waals surface area contributed by atoms with Crippen molar-refractivity contribution in [2.24, 2.45) is 0 Å². The van der Waals surface area contributed by atoms with Gasteiger partial charge in [-0.2, -0.15) is 0 Å². The lowest BCUT2D eigenvalue weighted by Crippen LogP contribution is -2.00. The van der Waals surface area contributed by atoms with E-state index in [1.807, 2.05) is 0 Å². The normalized spacial score (nSPS) is 10.6. The maximum absolute atomic E-state index is 13.2. The number of thioether (sulfide) groups is 1. The average molecular weight is 315 g/mol. The average Bonchev–Trinajstić information content (AvgIpc) is 2.41. The standard InChI is InChI=1S/C14H9ClF2O2S/c15-12-3-1-9(16)5-8(12)7-20-10-2-4-13(17)11(6-10)14(18)19/h1-6H,7H2,(H,18,19). The summed E-state index contributed by atoms with van der Waals surface area (Å²) in [6, 6.07) is 7.85. The highest BCUT2D eigenvalue weighted by Gasteiger charge is 2.11. The zero-order valence-corrected chi connectivity index (χ0v) is 11.6. The molecule has 0 spiro atoms. The molecule has 6 heteroatoms. The molecule has 0 aliphatic carbocycles. The van der Waals surface area contributed by atoms with Gasteiger partial charge in [0, 0.05) is 15.7 Å². The third-order valence-electron chi connectivity index (χ3n) is 2.57. The Labute approximate surface area is 123 Å². The molecule has 0 atom stereocenters. The Balaban J connectivity index is 2.17. The van der Waals surface area contributed by atoms with Crippen molar-refractivity contribution in [3.63, 3.8) is 0 Å². The van der Waals surface area contributed by atoms with E-state index in [0.29, 0.717) is 21.2 Å². The van der Waals surface area contributed by atoms with E-state index < -0.39 is 17.6 Å². The first kappa shape index (κ1) is 14.8. The number of carboxylic acid groups (broad SMARTS) is 1. The molecule has 2 aromatic rings. The highest BCUT2D eigenvalue weighted by Crippen LogP contribution is 2.28. The second kappa shape index (κ2) is 6.24. The monoisotopic (exact) mass is 314 g/mol. The fourth-order valence-corrected chi connectivity index (χ4v) is 2.76. The number of hydrogen-bond acceptors (Lipinski definition) is 2. The summed E-state index contributed by atoms with van der Waals surface area (Å²) in [7, 11) is 0. The van der Waals surface area contributed by atoms with Crippen molar-refractivity contribution in [2.45, 2.75) is 10.6 Å². The first-order valence-corrected chi connectivity index (χ1v) is 6.93. The van der Waals surface area contributed by atoms with E-state index in [1.165, 1.54) is 42.1 Å². The molecular weight excluding hydrogens is 306 g/mol. The van der Waals surface area contributed by atoms with E-state index in [1.54, 1.807) is 0 Å². The molecule has 0 unspecified atom stereocenters. The number of benzene rings is 2. The van der Waals surface area contributed by atoms with Gasteiger partial charge < -0.3 is 5.11 Å². The van der Waals surface area contributed by atoms with Crippen molar-refractivity contribution in [3.8, 4) is 0 Å². The molecule has 104 valence electrons. The maximum atomic E-state index is 13.2. The van der Waals surface area contributed by atoms with Crippen LogP contribution < -0.4 is 0 Å². The summed E-state index contributed by atoms with van der Waals surface area (Å²) < 4.78 is 26.3. The second-order valence-electron chi connectivity index (χ2n) is 3.97. The molecule has 2 nitrogen and oxygen atoms in total. The molecule has 2 aromatic carbocycles. The van der Waals surface area contributed by atoms with Crippen molar-refractivity contribution in [1.29, 1.82) is 0 Å². The predicted molar refractivity (Wildman–Crippen MR) is 74.3 cm³/mol. The van der Waals surface area contributed by atoms with Crippen LogP contribution in [0.2, 0.25) is 5.02 Å². The number of carboxylic acids is 1. The number of hydrogen-bond donors (Lipinski definition) is 1. The van der Waals surface area contributed by atoms with Crippen LogP contribution in [0.25, 0.3) is 0 Å². The summed E-state index contributed by atoms with van der Waals surface area (Å²) in [5.41, 5.74) is 0.207. The van der Waals surface area contributed by atoms with Gasteiger partial charge >= 0.3 is 5.97 Å². The van der Waals surface area contributed by atoms with E-state index in [-0.39, 0.29) is 5.56 Å². The first-order chi connectivity index (χ1) is 9.47. The molecule has 0 saturated carbocycles. The fraction of sp³-hybridized carbons (Fsp3) is 0.0714. The zero-order chi connectivity index (χ0) is 14.7. The molecule has 0 bridgehead atoms. The molecule has 1 N–H and O–H groups in total. The van der Waals surface area contributed by atoms with Crippen LogP contribution in [0.4, 0.5) is 8.78 Å². The van der Waals surface area contributed by atoms with Crippen LogP contribution in [0.15, 0.2) is 41.3 Å². The lowest BCUT2D eigenvalue weighted by molar-refractivity contribution is 0.0691. The Morgan fingerprint density at radius 1 is 1.20 bits per heavy atom. The molecule has 20 heavy (non-hydrogen) atoms. The van der Waals surface area contributed by atoms with Gasteiger partial charge in [-0.1, -0.05) is 11.6 Å². The van der Waals surface area contributed by atoms with Gasteiger partial charge in [-0.15, -0.1) is 11.8 Å². The van der Waals surface area contributed by atoms with Gasteiger partial charge in [0.05, 0.1) is 5.56 Å². The van der Waals surface area contributed by atoms with Crippen LogP contribution in [-0.2, 0) is 5.75 Å². The van der Waals surface area contributed by atoms with Gasteiger partial charge in [-0.3, -0.25) is 0 Å². The van der Waals surface area contributed by atoms with Crippen LogP contribution >= 0.6 is 23.4 Å². The molecule has 0 radical (unpaired) electrons. The van der Waals surface area contributed by atoms with Crippen LogP contribution in [0, 0.1) is 11.6 Å².